The first kappa shape index (κ1) is 40.1. The smallest absolute Gasteiger partial charge is 0.252 e. The number of rotatable bonds is 7. The number of nitrogens with two attached hydrogens (primary N) is 1. The van der Waals surface area contributed by atoms with E-state index >= 15 is 0 Å². The molecule has 0 radical (unpaired) electrons. The fraction of sp³-hybridized carbons (Fsp3) is 0.172. The lowest BCUT2D eigenvalue weighted by Crippen LogP contribution is -2.62. The number of benzene rings is 7. The summed E-state index contributed by atoms with van der Waals surface area (Å²) < 4.78 is 2.44. The Bertz CT molecular complexity index is 3130. The summed E-state index contributed by atoms with van der Waals surface area (Å²) in [6, 6.07) is 59.9. The van der Waals surface area contributed by atoms with E-state index in [1.54, 1.807) is 0 Å². The zero-order chi connectivity index (χ0) is 43.7. The number of allylic oxidation sites excluding steroid dienone is 6. The lowest BCUT2D eigenvalue weighted by atomic mass is 9.33. The highest BCUT2D eigenvalue weighted by atomic mass is 15.2. The molecule has 0 amide bonds. The molecule has 5 heteroatoms. The Kier molecular flexibility index (Phi) is 9.83. The van der Waals surface area contributed by atoms with Crippen molar-refractivity contribution in [3.8, 4) is 5.69 Å². The third kappa shape index (κ3) is 6.61. The average molecular weight is 819 g/mol. The zero-order valence-corrected chi connectivity index (χ0v) is 37.7. The van der Waals surface area contributed by atoms with Crippen LogP contribution in [0, 0.1) is 11.3 Å². The van der Waals surface area contributed by atoms with Crippen molar-refractivity contribution in [1.82, 2.24) is 4.57 Å². The Morgan fingerprint density at radius 3 is 1.67 bits per heavy atom. The first-order valence-corrected chi connectivity index (χ1v) is 22.4. The summed E-state index contributed by atoms with van der Waals surface area (Å²) in [6.07, 6.45) is 2.49. The van der Waals surface area contributed by atoms with Crippen LogP contribution in [0.25, 0.3) is 38.6 Å². The van der Waals surface area contributed by atoms with Gasteiger partial charge in [-0.3, -0.25) is 0 Å². The van der Waals surface area contributed by atoms with Crippen LogP contribution in [0.5, 0.6) is 0 Å². The summed E-state index contributed by atoms with van der Waals surface area (Å²) in [7, 11) is 0. The van der Waals surface area contributed by atoms with Gasteiger partial charge in [0, 0.05) is 61.9 Å². The molecule has 0 aliphatic carbocycles. The summed E-state index contributed by atoms with van der Waals surface area (Å²) >= 11 is 0. The highest BCUT2D eigenvalue weighted by Crippen LogP contribution is 2.45. The third-order valence-electron chi connectivity index (χ3n) is 13.5. The number of nitrogens with zero attached hydrogens (tertiary/aromatic N) is 3. The van der Waals surface area contributed by atoms with Crippen molar-refractivity contribution in [2.45, 2.75) is 55.4 Å². The van der Waals surface area contributed by atoms with Gasteiger partial charge in [-0.05, 0) is 114 Å². The molecule has 0 spiro atoms. The van der Waals surface area contributed by atoms with E-state index in [2.05, 4.69) is 240 Å². The van der Waals surface area contributed by atoms with E-state index in [0.29, 0.717) is 5.92 Å². The van der Waals surface area contributed by atoms with Crippen molar-refractivity contribution < 1.29 is 0 Å². The molecule has 10 rings (SSSR count). The van der Waals surface area contributed by atoms with Gasteiger partial charge in [0.1, 0.15) is 0 Å². The normalized spacial score (nSPS) is 14.4. The van der Waals surface area contributed by atoms with E-state index < -0.39 is 0 Å². The first-order chi connectivity index (χ1) is 30.4. The Balaban J connectivity index is 1.31. The van der Waals surface area contributed by atoms with E-state index in [1.807, 2.05) is 0 Å². The summed E-state index contributed by atoms with van der Waals surface area (Å²) in [6.45, 7) is 18.5. The maximum atomic E-state index is 6.72. The van der Waals surface area contributed by atoms with Crippen LogP contribution in [0.3, 0.4) is 0 Å². The van der Waals surface area contributed by atoms with Gasteiger partial charge < -0.3 is 20.1 Å². The van der Waals surface area contributed by atoms with Crippen LogP contribution in [0.4, 0.5) is 28.4 Å². The number of para-hydroxylation sites is 2. The van der Waals surface area contributed by atoms with Crippen LogP contribution in [-0.4, -0.2) is 11.3 Å². The fourth-order valence-electron chi connectivity index (χ4n) is 10.6. The number of nitrogen functional groups attached to an aromatic ring is 1. The van der Waals surface area contributed by atoms with E-state index in [-0.39, 0.29) is 12.1 Å². The van der Waals surface area contributed by atoms with Crippen molar-refractivity contribution >= 4 is 84.5 Å². The van der Waals surface area contributed by atoms with Gasteiger partial charge in [0.2, 0.25) is 0 Å². The van der Waals surface area contributed by atoms with Gasteiger partial charge in [0.15, 0.2) is 0 Å². The maximum Gasteiger partial charge on any atom is 0.252 e. The summed E-state index contributed by atoms with van der Waals surface area (Å²) in [5.74, 6) is 0.362. The zero-order valence-electron chi connectivity index (χ0n) is 37.7. The Labute approximate surface area is 373 Å². The predicted octanol–water partition coefficient (Wildman–Crippen LogP) is 13.3. The predicted molar refractivity (Wildman–Crippen MR) is 273 cm³/mol. The molecule has 0 fully saturated rings. The minimum absolute atomic E-state index is 0.0263. The largest absolute Gasteiger partial charge is 0.399 e. The fourth-order valence-corrected chi connectivity index (χ4v) is 10.6. The molecule has 1 aromatic heterocycles. The van der Waals surface area contributed by atoms with Crippen molar-refractivity contribution in [1.29, 1.82) is 0 Å². The second kappa shape index (κ2) is 15.4. The maximum absolute atomic E-state index is 6.72. The van der Waals surface area contributed by atoms with E-state index in [4.69, 9.17) is 5.73 Å². The molecular formula is C58H55BN4. The van der Waals surface area contributed by atoms with E-state index in [9.17, 15) is 0 Å². The van der Waals surface area contributed by atoms with Gasteiger partial charge in [0.05, 0.1) is 11.0 Å². The molecule has 310 valence electrons. The van der Waals surface area contributed by atoms with Crippen molar-refractivity contribution in [3.05, 3.63) is 198 Å². The van der Waals surface area contributed by atoms with Gasteiger partial charge in [0.25, 0.3) is 6.71 Å². The second-order valence-corrected chi connectivity index (χ2v) is 18.7. The van der Waals surface area contributed by atoms with Crippen LogP contribution < -0.4 is 31.9 Å². The minimum Gasteiger partial charge on any atom is -0.399 e. The molecule has 0 saturated heterocycles. The minimum atomic E-state index is -0.0318. The number of fused-ring (bicyclic) bond motifs is 7. The molecule has 3 heterocycles. The third-order valence-corrected chi connectivity index (χ3v) is 13.5. The summed E-state index contributed by atoms with van der Waals surface area (Å²) in [4.78, 5) is 5.04. The molecule has 4 nitrogen and oxygen atoms in total. The van der Waals surface area contributed by atoms with Gasteiger partial charge in [-0.1, -0.05) is 162 Å². The SMILES string of the molecule is C/C(=C(\C)N1c2cc(N)ccc2B2c3ccc(-n4c5ccccc5c5ccccc54)cc3N(/C(C)=C(/C=C(\C(C)C)C(C)(C)C)c3ccccc3)c3cccc1c32)c1ccccc1. The van der Waals surface area contributed by atoms with Gasteiger partial charge in [-0.15, -0.1) is 0 Å². The van der Waals surface area contributed by atoms with Crippen molar-refractivity contribution in [2.24, 2.45) is 11.3 Å². The molecule has 0 atom stereocenters. The topological polar surface area (TPSA) is 37.4 Å². The number of hydrogen-bond donors (Lipinski definition) is 1. The molecule has 0 bridgehead atoms. The molecule has 0 saturated carbocycles. The number of anilines is 5. The number of aromatic nitrogens is 1. The molecular weight excluding hydrogens is 763 g/mol. The van der Waals surface area contributed by atoms with Crippen LogP contribution >= 0.6 is 0 Å². The Morgan fingerprint density at radius 2 is 1.08 bits per heavy atom. The lowest BCUT2D eigenvalue weighted by molar-refractivity contribution is 0.448. The lowest BCUT2D eigenvalue weighted by Gasteiger charge is -2.45. The second-order valence-electron chi connectivity index (χ2n) is 18.7. The van der Waals surface area contributed by atoms with E-state index in [0.717, 1.165) is 17.1 Å². The Morgan fingerprint density at radius 1 is 0.556 bits per heavy atom. The highest BCUT2D eigenvalue weighted by Gasteiger charge is 2.44. The van der Waals surface area contributed by atoms with Crippen LogP contribution in [0.15, 0.2) is 187 Å². The van der Waals surface area contributed by atoms with Crippen molar-refractivity contribution in [3.63, 3.8) is 0 Å². The van der Waals surface area contributed by atoms with Gasteiger partial charge in [-0.2, -0.15) is 0 Å². The summed E-state index contributed by atoms with van der Waals surface area (Å²) in [5.41, 5.74) is 28.0. The van der Waals surface area contributed by atoms with Gasteiger partial charge in [-0.25, -0.2) is 0 Å². The average Bonchev–Trinajstić information content (AvgIpc) is 3.62. The first-order valence-electron chi connectivity index (χ1n) is 22.4. The number of hydrogen-bond acceptors (Lipinski definition) is 3. The standard InChI is InChI=1S/C58H55BN4/c1-37(2)48(58(6,7)8)36-47(42-22-13-10-14-23-42)40(5)62-54-29-19-28-53-57(54)59(49-32-30-43(60)34-55(49)61(53)39(4)38(3)41-20-11-9-12-21-41)50-33-31-44(35-56(50)62)63-51-26-17-15-24-45(51)46-25-16-18-27-52(46)63/h9-37H,60H2,1-8H3/b39-38-,47-40-,48-36+. The molecule has 2 aliphatic heterocycles. The molecule has 2 N–H and O–H groups in total. The van der Waals surface area contributed by atoms with Gasteiger partial charge >= 0.3 is 0 Å². The summed E-state index contributed by atoms with van der Waals surface area (Å²) in [5, 5.41) is 2.50. The molecule has 0 unspecified atom stereocenters. The van der Waals surface area contributed by atoms with Crippen LogP contribution in [0.1, 0.15) is 66.5 Å². The Hall–Kier alpha value is -6.98. The molecule has 63 heavy (non-hydrogen) atoms. The monoisotopic (exact) mass is 818 g/mol. The van der Waals surface area contributed by atoms with Crippen LogP contribution in [-0.2, 0) is 0 Å². The van der Waals surface area contributed by atoms with E-state index in [1.165, 1.54) is 94.5 Å². The quantitative estimate of drug-likeness (QED) is 0.0989. The van der Waals surface area contributed by atoms with Crippen molar-refractivity contribution in [2.75, 3.05) is 15.5 Å². The highest BCUT2D eigenvalue weighted by molar-refractivity contribution is 7.00. The molecule has 8 aromatic rings. The molecule has 2 aliphatic rings. The molecule has 7 aromatic carbocycles. The van der Waals surface area contributed by atoms with Crippen LogP contribution in [0.2, 0.25) is 0 Å².